The zero-order valence-electron chi connectivity index (χ0n) is 11.3. The average molecular weight is 262 g/mol. The maximum atomic E-state index is 5.76. The van der Waals surface area contributed by atoms with E-state index in [1.165, 1.54) is 18.4 Å². The highest BCUT2D eigenvalue weighted by molar-refractivity contribution is 5.61. The Bertz CT molecular complexity index is 417. The van der Waals surface area contributed by atoms with E-state index in [1.54, 1.807) is 0 Å². The summed E-state index contributed by atoms with van der Waals surface area (Å²) in [6.45, 7) is 4.44. The van der Waals surface area contributed by atoms with Gasteiger partial charge in [-0.05, 0) is 31.9 Å². The average Bonchev–Trinajstić information content (AvgIpc) is 2.97. The van der Waals surface area contributed by atoms with Gasteiger partial charge in [0, 0.05) is 25.3 Å². The van der Waals surface area contributed by atoms with E-state index >= 15 is 0 Å². The summed E-state index contributed by atoms with van der Waals surface area (Å²) in [5, 5.41) is 6.86. The number of hydrogen-bond acceptors (Lipinski definition) is 4. The first-order chi connectivity index (χ1) is 9.43. The minimum atomic E-state index is 0.468. The molecule has 0 aromatic heterocycles. The third-order valence-electron chi connectivity index (χ3n) is 3.74. The van der Waals surface area contributed by atoms with Gasteiger partial charge in [0.15, 0.2) is 0 Å². The Morgan fingerprint density at radius 2 is 2.32 bits per heavy atom. The molecule has 4 heteroatoms. The number of fused-ring (bicyclic) bond motifs is 1. The molecule has 2 heterocycles. The topological polar surface area (TPSA) is 42.5 Å². The van der Waals surface area contributed by atoms with Crippen LogP contribution >= 0.6 is 0 Å². The maximum Gasteiger partial charge on any atom is 0.146 e. The van der Waals surface area contributed by atoms with Crippen molar-refractivity contribution in [3.63, 3.8) is 0 Å². The molecule has 1 unspecified atom stereocenters. The Labute approximate surface area is 114 Å². The van der Waals surface area contributed by atoms with Crippen LogP contribution in [0.15, 0.2) is 18.2 Å². The van der Waals surface area contributed by atoms with Crippen LogP contribution in [-0.2, 0) is 11.3 Å². The van der Waals surface area contributed by atoms with E-state index < -0.39 is 0 Å². The van der Waals surface area contributed by atoms with Gasteiger partial charge in [-0.15, -0.1) is 0 Å². The summed E-state index contributed by atoms with van der Waals surface area (Å²) < 4.78 is 11.4. The molecule has 0 amide bonds. The van der Waals surface area contributed by atoms with Gasteiger partial charge in [0.2, 0.25) is 0 Å². The fraction of sp³-hybridized carbons (Fsp3) is 0.600. The molecule has 4 nitrogen and oxygen atoms in total. The van der Waals surface area contributed by atoms with E-state index in [1.807, 2.05) is 0 Å². The van der Waals surface area contributed by atoms with Gasteiger partial charge in [-0.3, -0.25) is 0 Å². The Balaban J connectivity index is 1.49. The van der Waals surface area contributed by atoms with Crippen LogP contribution in [-0.4, -0.2) is 32.4 Å². The fourth-order valence-electron chi connectivity index (χ4n) is 2.73. The number of hydrogen-bond donors (Lipinski definition) is 2. The summed E-state index contributed by atoms with van der Waals surface area (Å²) in [5.41, 5.74) is 2.35. The predicted molar refractivity (Wildman–Crippen MR) is 75.7 cm³/mol. The first kappa shape index (κ1) is 12.8. The van der Waals surface area contributed by atoms with Gasteiger partial charge in [0.05, 0.1) is 11.8 Å². The lowest BCUT2D eigenvalue weighted by atomic mass is 10.1. The molecule has 1 fully saturated rings. The van der Waals surface area contributed by atoms with Gasteiger partial charge in [-0.2, -0.15) is 0 Å². The zero-order valence-corrected chi connectivity index (χ0v) is 11.3. The first-order valence-electron chi connectivity index (χ1n) is 7.24. The lowest BCUT2D eigenvalue weighted by Gasteiger charge is -2.22. The smallest absolute Gasteiger partial charge is 0.146 e. The lowest BCUT2D eigenvalue weighted by molar-refractivity contribution is 0.104. The lowest BCUT2D eigenvalue weighted by Crippen LogP contribution is -2.22. The molecular weight excluding hydrogens is 240 g/mol. The summed E-state index contributed by atoms with van der Waals surface area (Å²) in [4.78, 5) is 0. The van der Waals surface area contributed by atoms with Gasteiger partial charge in [-0.25, -0.2) is 0 Å². The van der Waals surface area contributed by atoms with E-state index in [0.29, 0.717) is 6.10 Å². The maximum absolute atomic E-state index is 5.76. The Morgan fingerprint density at radius 1 is 1.32 bits per heavy atom. The van der Waals surface area contributed by atoms with Crippen LogP contribution in [0.25, 0.3) is 0 Å². The largest absolute Gasteiger partial charge is 0.489 e. The number of benzene rings is 1. The van der Waals surface area contributed by atoms with Gasteiger partial charge < -0.3 is 20.1 Å². The minimum absolute atomic E-state index is 0.468. The number of ether oxygens (including phenoxy) is 2. The molecule has 1 atom stereocenters. The highest BCUT2D eigenvalue weighted by atomic mass is 16.5. The number of rotatable bonds is 5. The second-order valence-corrected chi connectivity index (χ2v) is 5.17. The standard InChI is InChI=1S/C15H22N2O2/c1-3-12(15-14(5-1)17-8-10-19-15)11-16-7-6-13-4-2-9-18-13/h1,3,5,13,16-17H,2,4,6-11H2. The van der Waals surface area contributed by atoms with Crippen molar-refractivity contribution in [2.24, 2.45) is 0 Å². The second kappa shape index (κ2) is 6.26. The molecular formula is C15H22N2O2. The van der Waals surface area contributed by atoms with Gasteiger partial charge in [0.25, 0.3) is 0 Å². The number of nitrogens with one attached hydrogen (secondary N) is 2. The molecule has 3 rings (SSSR count). The van der Waals surface area contributed by atoms with Crippen molar-refractivity contribution in [2.75, 3.05) is 31.6 Å². The van der Waals surface area contributed by atoms with E-state index in [-0.39, 0.29) is 0 Å². The summed E-state index contributed by atoms with van der Waals surface area (Å²) >= 11 is 0. The zero-order chi connectivity index (χ0) is 12.9. The first-order valence-corrected chi connectivity index (χ1v) is 7.24. The van der Waals surface area contributed by atoms with E-state index in [4.69, 9.17) is 9.47 Å². The molecule has 1 aromatic rings. The molecule has 0 saturated carbocycles. The molecule has 0 radical (unpaired) electrons. The Hall–Kier alpha value is -1.26. The van der Waals surface area contributed by atoms with Crippen LogP contribution in [0.3, 0.4) is 0 Å². The van der Waals surface area contributed by atoms with Crippen LogP contribution in [0.2, 0.25) is 0 Å². The van der Waals surface area contributed by atoms with Crippen molar-refractivity contribution in [3.8, 4) is 5.75 Å². The quantitative estimate of drug-likeness (QED) is 0.798. The monoisotopic (exact) mass is 262 g/mol. The van der Waals surface area contributed by atoms with Crippen molar-refractivity contribution in [3.05, 3.63) is 23.8 Å². The molecule has 0 spiro atoms. The molecule has 19 heavy (non-hydrogen) atoms. The molecule has 1 aromatic carbocycles. The third kappa shape index (κ3) is 3.19. The summed E-state index contributed by atoms with van der Waals surface area (Å²) in [6.07, 6.45) is 4.01. The highest BCUT2D eigenvalue weighted by Gasteiger charge is 2.15. The molecule has 2 aliphatic heterocycles. The Morgan fingerprint density at radius 3 is 3.21 bits per heavy atom. The van der Waals surface area contributed by atoms with E-state index in [2.05, 4.69) is 28.8 Å². The molecule has 2 aliphatic rings. The van der Waals surface area contributed by atoms with Crippen molar-refractivity contribution >= 4 is 5.69 Å². The predicted octanol–water partition coefficient (Wildman–Crippen LogP) is 2.15. The van der Waals surface area contributed by atoms with Gasteiger partial charge in [0.1, 0.15) is 12.4 Å². The van der Waals surface area contributed by atoms with Crippen LogP contribution in [0.5, 0.6) is 5.75 Å². The van der Waals surface area contributed by atoms with Gasteiger partial charge in [-0.1, -0.05) is 12.1 Å². The van der Waals surface area contributed by atoms with Crippen LogP contribution in [0.4, 0.5) is 5.69 Å². The van der Waals surface area contributed by atoms with E-state index in [0.717, 1.165) is 50.7 Å². The van der Waals surface area contributed by atoms with Crippen LogP contribution < -0.4 is 15.4 Å². The molecule has 0 aliphatic carbocycles. The summed E-state index contributed by atoms with van der Waals surface area (Å²) in [6, 6.07) is 6.28. The van der Waals surface area contributed by atoms with Crippen LogP contribution in [0.1, 0.15) is 24.8 Å². The Kier molecular flexibility index (Phi) is 4.20. The van der Waals surface area contributed by atoms with Crippen molar-refractivity contribution in [1.29, 1.82) is 0 Å². The van der Waals surface area contributed by atoms with Crippen LogP contribution in [0, 0.1) is 0 Å². The molecule has 104 valence electrons. The van der Waals surface area contributed by atoms with E-state index in [9.17, 15) is 0 Å². The highest BCUT2D eigenvalue weighted by Crippen LogP contribution is 2.31. The second-order valence-electron chi connectivity index (χ2n) is 5.17. The fourth-order valence-corrected chi connectivity index (χ4v) is 2.73. The van der Waals surface area contributed by atoms with Crippen molar-refractivity contribution < 1.29 is 9.47 Å². The summed E-state index contributed by atoms with van der Waals surface area (Å²) in [5.74, 6) is 1.01. The van der Waals surface area contributed by atoms with Crippen molar-refractivity contribution in [2.45, 2.75) is 31.9 Å². The molecule has 1 saturated heterocycles. The van der Waals surface area contributed by atoms with Gasteiger partial charge >= 0.3 is 0 Å². The summed E-state index contributed by atoms with van der Waals surface area (Å²) in [7, 11) is 0. The minimum Gasteiger partial charge on any atom is -0.489 e. The normalized spacial score (nSPS) is 21.6. The van der Waals surface area contributed by atoms with Crippen molar-refractivity contribution in [1.82, 2.24) is 5.32 Å². The number of anilines is 1. The molecule has 2 N–H and O–H groups in total. The third-order valence-corrected chi connectivity index (χ3v) is 3.74. The molecule has 0 bridgehead atoms. The number of para-hydroxylation sites is 1. The SMILES string of the molecule is c1cc(CNCCC2CCCO2)c2c(c1)NCCO2.